The van der Waals surface area contributed by atoms with Crippen molar-refractivity contribution in [2.45, 2.75) is 51.4 Å². The average Bonchev–Trinajstić information content (AvgIpc) is 2.54. The van der Waals surface area contributed by atoms with Crippen LogP contribution in [-0.2, 0) is 14.1 Å². The molecule has 0 aromatic heterocycles. The molecule has 0 aliphatic carbocycles. The van der Waals surface area contributed by atoms with Gasteiger partial charge < -0.3 is 14.6 Å². The number of rotatable bonds is 2. The fraction of sp³-hybridized carbons (Fsp3) is 0.533. The van der Waals surface area contributed by atoms with Crippen LogP contribution in [0, 0.1) is 5.82 Å². The number of carbonyl (C=O) groups excluding carboxylic acids is 1. The van der Waals surface area contributed by atoms with Crippen LogP contribution in [0.15, 0.2) is 18.2 Å². The van der Waals surface area contributed by atoms with Gasteiger partial charge in [0.1, 0.15) is 5.82 Å². The van der Waals surface area contributed by atoms with Gasteiger partial charge in [0, 0.05) is 5.46 Å². The monoisotopic (exact) mass is 291 g/mol. The standard InChI is InChI=1S/C15H19BFNO3/c1-14(2)15(3,4)21-16(20-14)10-6-5-9(7-11(10)17)12-8-13(19)18-12/h5-7,12H,8H2,1-4H3,(H,18,19). The van der Waals surface area contributed by atoms with Gasteiger partial charge in [-0.2, -0.15) is 0 Å². The molecule has 21 heavy (non-hydrogen) atoms. The number of β-lactam (4-membered cyclic amide) rings is 1. The summed E-state index contributed by atoms with van der Waals surface area (Å²) < 4.78 is 26.1. The summed E-state index contributed by atoms with van der Waals surface area (Å²) in [7, 11) is -0.708. The van der Waals surface area contributed by atoms with Crippen molar-refractivity contribution in [2.75, 3.05) is 0 Å². The molecule has 0 saturated carbocycles. The number of nitrogens with one attached hydrogen (secondary N) is 1. The van der Waals surface area contributed by atoms with E-state index < -0.39 is 18.3 Å². The van der Waals surface area contributed by atoms with E-state index in [-0.39, 0.29) is 17.8 Å². The van der Waals surface area contributed by atoms with Gasteiger partial charge in [0.25, 0.3) is 0 Å². The van der Waals surface area contributed by atoms with E-state index in [2.05, 4.69) is 5.32 Å². The summed E-state index contributed by atoms with van der Waals surface area (Å²) in [6.45, 7) is 7.73. The molecule has 0 radical (unpaired) electrons. The summed E-state index contributed by atoms with van der Waals surface area (Å²) in [6.07, 6.45) is 0.412. The lowest BCUT2D eigenvalue weighted by molar-refractivity contribution is -0.128. The number of amides is 1. The molecule has 3 rings (SSSR count). The van der Waals surface area contributed by atoms with Crippen molar-refractivity contribution in [3.05, 3.63) is 29.6 Å². The molecule has 2 aliphatic heterocycles. The van der Waals surface area contributed by atoms with Crippen molar-refractivity contribution in [3.63, 3.8) is 0 Å². The zero-order chi connectivity index (χ0) is 15.4. The largest absolute Gasteiger partial charge is 0.497 e. The Morgan fingerprint density at radius 3 is 2.29 bits per heavy atom. The summed E-state index contributed by atoms with van der Waals surface area (Å²) in [5, 5.41) is 2.73. The van der Waals surface area contributed by atoms with E-state index in [4.69, 9.17) is 9.31 Å². The second kappa shape index (κ2) is 4.55. The van der Waals surface area contributed by atoms with Crippen LogP contribution in [0.4, 0.5) is 4.39 Å². The minimum atomic E-state index is -0.708. The molecule has 1 atom stereocenters. The summed E-state index contributed by atoms with van der Waals surface area (Å²) in [4.78, 5) is 10.9. The van der Waals surface area contributed by atoms with Crippen molar-refractivity contribution >= 4 is 18.5 Å². The molecule has 1 N–H and O–H groups in total. The van der Waals surface area contributed by atoms with Crippen LogP contribution >= 0.6 is 0 Å². The molecule has 0 bridgehead atoms. The zero-order valence-corrected chi connectivity index (χ0v) is 12.7. The third-order valence-corrected chi connectivity index (χ3v) is 4.66. The fourth-order valence-electron chi connectivity index (χ4n) is 2.48. The first-order chi connectivity index (χ1) is 9.69. The lowest BCUT2D eigenvalue weighted by Crippen LogP contribution is -2.42. The number of halogens is 1. The van der Waals surface area contributed by atoms with Gasteiger partial charge in [-0.25, -0.2) is 4.39 Å². The minimum Gasteiger partial charge on any atom is -0.399 e. The molecule has 2 saturated heterocycles. The van der Waals surface area contributed by atoms with Crippen LogP contribution in [0.5, 0.6) is 0 Å². The van der Waals surface area contributed by atoms with E-state index in [1.807, 2.05) is 33.8 Å². The third-order valence-electron chi connectivity index (χ3n) is 4.66. The number of benzene rings is 1. The number of hydrogen-bond donors (Lipinski definition) is 1. The highest BCUT2D eigenvalue weighted by Crippen LogP contribution is 2.36. The molecule has 1 unspecified atom stereocenters. The molecule has 1 aromatic rings. The second-order valence-corrected chi connectivity index (χ2v) is 6.69. The average molecular weight is 291 g/mol. The van der Waals surface area contributed by atoms with Gasteiger partial charge in [-0.3, -0.25) is 4.79 Å². The van der Waals surface area contributed by atoms with Crippen molar-refractivity contribution < 1.29 is 18.5 Å². The van der Waals surface area contributed by atoms with E-state index >= 15 is 0 Å². The predicted octanol–water partition coefficient (Wildman–Crippen LogP) is 1.69. The Bertz CT molecular complexity index is 579. The maximum absolute atomic E-state index is 14.4. The molecular formula is C15H19BFNO3. The Morgan fingerprint density at radius 2 is 1.81 bits per heavy atom. The van der Waals surface area contributed by atoms with Gasteiger partial charge in [-0.05, 0) is 39.3 Å². The summed E-state index contributed by atoms with van der Waals surface area (Å²) in [6, 6.07) is 4.86. The van der Waals surface area contributed by atoms with Crippen molar-refractivity contribution in [1.82, 2.24) is 5.32 Å². The van der Waals surface area contributed by atoms with E-state index in [1.165, 1.54) is 6.07 Å². The zero-order valence-electron chi connectivity index (χ0n) is 12.7. The van der Waals surface area contributed by atoms with E-state index in [9.17, 15) is 9.18 Å². The lowest BCUT2D eigenvalue weighted by atomic mass is 9.77. The topological polar surface area (TPSA) is 47.6 Å². The molecular weight excluding hydrogens is 272 g/mol. The molecule has 0 spiro atoms. The first-order valence-electron chi connectivity index (χ1n) is 7.14. The Morgan fingerprint density at radius 1 is 1.24 bits per heavy atom. The second-order valence-electron chi connectivity index (χ2n) is 6.69. The molecule has 2 heterocycles. The van der Waals surface area contributed by atoms with Crippen LogP contribution in [0.2, 0.25) is 0 Å². The smallest absolute Gasteiger partial charge is 0.399 e. The van der Waals surface area contributed by atoms with Gasteiger partial charge >= 0.3 is 7.12 Å². The highest BCUT2D eigenvalue weighted by atomic mass is 19.1. The lowest BCUT2D eigenvalue weighted by Gasteiger charge is -2.32. The minimum absolute atomic E-state index is 0.00422. The van der Waals surface area contributed by atoms with Gasteiger partial charge in [0.15, 0.2) is 0 Å². The SMILES string of the molecule is CC1(C)OB(c2ccc(C3CC(=O)N3)cc2F)OC1(C)C. The normalized spacial score (nSPS) is 26.4. The van der Waals surface area contributed by atoms with Crippen LogP contribution in [0.1, 0.15) is 45.7 Å². The van der Waals surface area contributed by atoms with Crippen molar-refractivity contribution in [3.8, 4) is 0 Å². The van der Waals surface area contributed by atoms with Crippen LogP contribution in [0.3, 0.4) is 0 Å². The molecule has 1 amide bonds. The Kier molecular flexibility index (Phi) is 3.15. The molecule has 2 aliphatic rings. The Hall–Kier alpha value is -1.40. The number of hydrogen-bond acceptors (Lipinski definition) is 3. The highest BCUT2D eigenvalue weighted by molar-refractivity contribution is 6.62. The summed E-state index contributed by atoms with van der Waals surface area (Å²) in [5.74, 6) is -0.373. The molecule has 2 fully saturated rings. The quantitative estimate of drug-likeness (QED) is 0.666. The van der Waals surface area contributed by atoms with Crippen LogP contribution in [0.25, 0.3) is 0 Å². The Labute approximate surface area is 124 Å². The molecule has 112 valence electrons. The van der Waals surface area contributed by atoms with Crippen LogP contribution < -0.4 is 10.8 Å². The van der Waals surface area contributed by atoms with E-state index in [0.29, 0.717) is 11.9 Å². The Balaban J connectivity index is 1.83. The highest BCUT2D eigenvalue weighted by Gasteiger charge is 2.52. The first kappa shape index (κ1) is 14.5. The maximum Gasteiger partial charge on any atom is 0.497 e. The van der Waals surface area contributed by atoms with E-state index in [1.54, 1.807) is 6.07 Å². The predicted molar refractivity (Wildman–Crippen MR) is 77.6 cm³/mol. The van der Waals surface area contributed by atoms with Gasteiger partial charge in [-0.15, -0.1) is 0 Å². The summed E-state index contributed by atoms with van der Waals surface area (Å²) >= 11 is 0. The maximum atomic E-state index is 14.4. The molecule has 1 aromatic carbocycles. The van der Waals surface area contributed by atoms with Crippen molar-refractivity contribution in [1.29, 1.82) is 0 Å². The van der Waals surface area contributed by atoms with Crippen LogP contribution in [-0.4, -0.2) is 24.2 Å². The fourth-order valence-corrected chi connectivity index (χ4v) is 2.48. The molecule has 4 nitrogen and oxygen atoms in total. The van der Waals surface area contributed by atoms with Gasteiger partial charge in [0.05, 0.1) is 23.7 Å². The van der Waals surface area contributed by atoms with Gasteiger partial charge in [-0.1, -0.05) is 12.1 Å². The van der Waals surface area contributed by atoms with Crippen molar-refractivity contribution in [2.24, 2.45) is 0 Å². The van der Waals surface area contributed by atoms with Gasteiger partial charge in [0.2, 0.25) is 5.91 Å². The summed E-state index contributed by atoms with van der Waals surface area (Å²) in [5.41, 5.74) is 0.172. The number of carbonyl (C=O) groups is 1. The van der Waals surface area contributed by atoms with E-state index in [0.717, 1.165) is 5.56 Å². The first-order valence-corrected chi connectivity index (χ1v) is 7.14. The third kappa shape index (κ3) is 2.36. The molecule has 6 heteroatoms.